The number of rotatable bonds is 5. The van der Waals surface area contributed by atoms with Crippen LogP contribution < -0.4 is 9.64 Å². The van der Waals surface area contributed by atoms with Crippen molar-refractivity contribution in [3.63, 3.8) is 0 Å². The molecule has 4 rings (SSSR count). The van der Waals surface area contributed by atoms with Gasteiger partial charge in [0.1, 0.15) is 5.75 Å². The number of alkyl halides is 3. The smallest absolute Gasteiger partial charge is 0.416 e. The summed E-state index contributed by atoms with van der Waals surface area (Å²) in [6.07, 6.45) is -2.56. The van der Waals surface area contributed by atoms with Crippen LogP contribution in [0.2, 0.25) is 0 Å². The van der Waals surface area contributed by atoms with Crippen molar-refractivity contribution in [1.29, 1.82) is 0 Å². The Kier molecular flexibility index (Phi) is 6.48. The van der Waals surface area contributed by atoms with Crippen LogP contribution in [0.4, 0.5) is 19.1 Å². The van der Waals surface area contributed by atoms with Gasteiger partial charge in [-0.1, -0.05) is 24.3 Å². The molecule has 1 aromatic heterocycles. The third kappa shape index (κ3) is 5.42. The average Bonchev–Trinajstić information content (AvgIpc) is 2.84. The zero-order chi connectivity index (χ0) is 23.4. The predicted molar refractivity (Wildman–Crippen MR) is 118 cm³/mol. The fourth-order valence-electron chi connectivity index (χ4n) is 3.70. The number of amides is 1. The minimum atomic E-state index is -4.42. The van der Waals surface area contributed by atoms with Crippen molar-refractivity contribution in [3.05, 3.63) is 71.9 Å². The van der Waals surface area contributed by atoms with Gasteiger partial charge in [-0.2, -0.15) is 13.2 Å². The van der Waals surface area contributed by atoms with E-state index in [-0.39, 0.29) is 5.91 Å². The Bertz CT molecular complexity index is 1110. The van der Waals surface area contributed by atoms with E-state index in [1.54, 1.807) is 30.3 Å². The number of anilines is 1. The molecule has 1 amide bonds. The molecule has 9 heteroatoms. The maximum absolute atomic E-state index is 13.0. The van der Waals surface area contributed by atoms with Crippen LogP contribution in [0.3, 0.4) is 0 Å². The summed E-state index contributed by atoms with van der Waals surface area (Å²) in [5.74, 6) is 1.22. The molecule has 33 heavy (non-hydrogen) atoms. The van der Waals surface area contributed by atoms with Gasteiger partial charge in [-0.05, 0) is 35.9 Å². The second kappa shape index (κ2) is 9.48. The van der Waals surface area contributed by atoms with Crippen molar-refractivity contribution >= 4 is 11.9 Å². The molecular formula is C24H23F3N4O2. The van der Waals surface area contributed by atoms with Crippen LogP contribution >= 0.6 is 0 Å². The van der Waals surface area contributed by atoms with E-state index in [1.807, 2.05) is 29.2 Å². The fourth-order valence-corrected chi connectivity index (χ4v) is 3.70. The Morgan fingerprint density at radius 3 is 2.42 bits per heavy atom. The molecule has 0 unspecified atom stereocenters. The van der Waals surface area contributed by atoms with Crippen molar-refractivity contribution < 1.29 is 22.7 Å². The largest absolute Gasteiger partial charge is 0.497 e. The summed E-state index contributed by atoms with van der Waals surface area (Å²) in [5, 5.41) is 0. The first-order valence-corrected chi connectivity index (χ1v) is 10.5. The minimum absolute atomic E-state index is 0.0402. The normalized spacial score (nSPS) is 14.3. The molecule has 1 aliphatic heterocycles. The van der Waals surface area contributed by atoms with Gasteiger partial charge in [0.15, 0.2) is 0 Å². The molecule has 1 fully saturated rings. The molecule has 0 N–H and O–H groups in total. The second-order valence-corrected chi connectivity index (χ2v) is 7.71. The topological polar surface area (TPSA) is 58.6 Å². The van der Waals surface area contributed by atoms with Gasteiger partial charge in [0.25, 0.3) is 0 Å². The highest BCUT2D eigenvalue weighted by molar-refractivity contribution is 5.79. The Morgan fingerprint density at radius 2 is 1.76 bits per heavy atom. The fraction of sp³-hybridized carbons (Fsp3) is 0.292. The van der Waals surface area contributed by atoms with E-state index in [0.29, 0.717) is 49.8 Å². The van der Waals surface area contributed by atoms with Crippen LogP contribution in [0.1, 0.15) is 11.1 Å². The number of benzene rings is 2. The lowest BCUT2D eigenvalue weighted by Crippen LogP contribution is -2.49. The third-order valence-corrected chi connectivity index (χ3v) is 5.56. The number of aromatic nitrogens is 2. The molecular weight excluding hydrogens is 433 g/mol. The van der Waals surface area contributed by atoms with Crippen molar-refractivity contribution in [1.82, 2.24) is 14.9 Å². The molecule has 0 radical (unpaired) electrons. The molecule has 0 spiro atoms. The molecule has 3 aromatic rings. The summed E-state index contributed by atoms with van der Waals surface area (Å²) < 4.78 is 44.3. The summed E-state index contributed by atoms with van der Waals surface area (Å²) in [6.45, 7) is 2.12. The number of ether oxygens (including phenoxy) is 1. The maximum Gasteiger partial charge on any atom is 0.416 e. The first-order valence-electron chi connectivity index (χ1n) is 10.5. The van der Waals surface area contributed by atoms with E-state index in [4.69, 9.17) is 4.74 Å². The Balaban J connectivity index is 1.39. The zero-order valence-corrected chi connectivity index (χ0v) is 18.0. The van der Waals surface area contributed by atoms with Crippen LogP contribution in [0.15, 0.2) is 60.8 Å². The van der Waals surface area contributed by atoms with Gasteiger partial charge >= 0.3 is 6.18 Å². The predicted octanol–water partition coefficient (Wildman–Crippen LogP) is 4.06. The van der Waals surface area contributed by atoms with Crippen molar-refractivity contribution in [3.8, 4) is 17.0 Å². The maximum atomic E-state index is 13.0. The lowest BCUT2D eigenvalue weighted by Gasteiger charge is -2.35. The Labute approximate surface area is 189 Å². The molecule has 172 valence electrons. The molecule has 0 saturated carbocycles. The highest BCUT2D eigenvalue weighted by atomic mass is 19.4. The lowest BCUT2D eigenvalue weighted by molar-refractivity contribution is -0.137. The standard InChI is InChI=1S/C24H23F3N4O2/c1-33-20-7-5-17(6-8-20)15-22(32)30-11-13-31(14-12-30)23-28-10-9-21(29-23)18-3-2-4-19(16-18)24(25,26)27/h2-10,16H,11-15H2,1H3. The number of hydrogen-bond acceptors (Lipinski definition) is 5. The highest BCUT2D eigenvalue weighted by Gasteiger charge is 2.30. The van der Waals surface area contributed by atoms with Gasteiger partial charge in [0.05, 0.1) is 24.8 Å². The third-order valence-electron chi connectivity index (χ3n) is 5.56. The van der Waals surface area contributed by atoms with Crippen LogP contribution in [-0.2, 0) is 17.4 Å². The van der Waals surface area contributed by atoms with E-state index in [2.05, 4.69) is 9.97 Å². The molecule has 0 bridgehead atoms. The van der Waals surface area contributed by atoms with Crippen molar-refractivity contribution in [2.75, 3.05) is 38.2 Å². The van der Waals surface area contributed by atoms with E-state index < -0.39 is 11.7 Å². The zero-order valence-electron chi connectivity index (χ0n) is 18.0. The van der Waals surface area contributed by atoms with Gasteiger partial charge in [-0.25, -0.2) is 9.97 Å². The first-order chi connectivity index (χ1) is 15.8. The molecule has 1 saturated heterocycles. The van der Waals surface area contributed by atoms with Gasteiger partial charge < -0.3 is 14.5 Å². The molecule has 6 nitrogen and oxygen atoms in total. The van der Waals surface area contributed by atoms with Gasteiger partial charge in [0.2, 0.25) is 11.9 Å². The first kappa shape index (κ1) is 22.6. The minimum Gasteiger partial charge on any atom is -0.497 e. The quantitative estimate of drug-likeness (QED) is 0.580. The molecule has 2 heterocycles. The molecule has 1 aliphatic rings. The van der Waals surface area contributed by atoms with Crippen LogP contribution in [-0.4, -0.2) is 54.1 Å². The second-order valence-electron chi connectivity index (χ2n) is 7.71. The number of carbonyl (C=O) groups is 1. The summed E-state index contributed by atoms with van der Waals surface area (Å²) in [5.41, 5.74) is 0.996. The Morgan fingerprint density at radius 1 is 1.03 bits per heavy atom. The van der Waals surface area contributed by atoms with E-state index >= 15 is 0 Å². The number of methoxy groups -OCH3 is 1. The van der Waals surface area contributed by atoms with Crippen molar-refractivity contribution in [2.45, 2.75) is 12.6 Å². The van der Waals surface area contributed by atoms with E-state index in [0.717, 1.165) is 23.4 Å². The van der Waals surface area contributed by atoms with Crippen LogP contribution in [0.5, 0.6) is 5.75 Å². The summed E-state index contributed by atoms with van der Waals surface area (Å²) in [4.78, 5) is 25.2. The van der Waals surface area contributed by atoms with Gasteiger partial charge in [0, 0.05) is 37.9 Å². The molecule has 2 aromatic carbocycles. The summed E-state index contributed by atoms with van der Waals surface area (Å²) in [7, 11) is 1.60. The molecule has 0 aliphatic carbocycles. The van der Waals surface area contributed by atoms with Crippen LogP contribution in [0.25, 0.3) is 11.3 Å². The highest BCUT2D eigenvalue weighted by Crippen LogP contribution is 2.32. The van der Waals surface area contributed by atoms with Gasteiger partial charge in [-0.3, -0.25) is 4.79 Å². The monoisotopic (exact) mass is 456 g/mol. The van der Waals surface area contributed by atoms with E-state index in [1.165, 1.54) is 6.07 Å². The van der Waals surface area contributed by atoms with Gasteiger partial charge in [-0.15, -0.1) is 0 Å². The average molecular weight is 456 g/mol. The number of piperazine rings is 1. The Hall–Kier alpha value is -3.62. The number of nitrogens with zero attached hydrogens (tertiary/aromatic N) is 4. The summed E-state index contributed by atoms with van der Waals surface area (Å²) >= 11 is 0. The van der Waals surface area contributed by atoms with E-state index in [9.17, 15) is 18.0 Å². The number of halogens is 3. The number of carbonyl (C=O) groups excluding carboxylic acids is 1. The lowest BCUT2D eigenvalue weighted by atomic mass is 10.1. The molecule has 0 atom stereocenters. The SMILES string of the molecule is COc1ccc(CC(=O)N2CCN(c3nccc(-c4cccc(C(F)(F)F)c4)n3)CC2)cc1. The van der Waals surface area contributed by atoms with Crippen LogP contribution in [0, 0.1) is 0 Å². The summed E-state index contributed by atoms with van der Waals surface area (Å²) in [6, 6.07) is 14.1. The van der Waals surface area contributed by atoms with Crippen molar-refractivity contribution in [2.24, 2.45) is 0 Å². The number of hydrogen-bond donors (Lipinski definition) is 0.